The van der Waals surface area contributed by atoms with E-state index in [4.69, 9.17) is 0 Å². The molecule has 0 bridgehead atoms. The standard InChI is InChI=1S/C18H18FN3O4S/c1-2-20(11-14-4-3-7-27-14)18(24)12-8-17(23)21(10-12)13-5-6-15(19)16(9-13)22(25)26/h3-7,9,12H,2,8,10-11H2,1H3. The fourth-order valence-electron chi connectivity index (χ4n) is 3.13. The van der Waals surface area contributed by atoms with Gasteiger partial charge in [-0.1, -0.05) is 6.07 Å². The van der Waals surface area contributed by atoms with Crippen molar-refractivity contribution in [2.75, 3.05) is 18.0 Å². The predicted molar refractivity (Wildman–Crippen MR) is 98.9 cm³/mol. The van der Waals surface area contributed by atoms with Gasteiger partial charge in [-0.2, -0.15) is 4.39 Å². The maximum atomic E-state index is 13.5. The van der Waals surface area contributed by atoms with Crippen LogP contribution in [0.15, 0.2) is 35.7 Å². The highest BCUT2D eigenvalue weighted by Gasteiger charge is 2.37. The van der Waals surface area contributed by atoms with Crippen molar-refractivity contribution < 1.29 is 18.9 Å². The Balaban J connectivity index is 1.75. The summed E-state index contributed by atoms with van der Waals surface area (Å²) in [5.41, 5.74) is -0.465. The average Bonchev–Trinajstić information content (AvgIpc) is 3.29. The largest absolute Gasteiger partial charge is 0.338 e. The van der Waals surface area contributed by atoms with Crippen LogP contribution in [-0.4, -0.2) is 34.7 Å². The van der Waals surface area contributed by atoms with Gasteiger partial charge >= 0.3 is 5.69 Å². The second kappa shape index (κ2) is 7.83. The van der Waals surface area contributed by atoms with E-state index >= 15 is 0 Å². The molecular formula is C18H18FN3O4S. The van der Waals surface area contributed by atoms with Gasteiger partial charge in [-0.15, -0.1) is 11.3 Å². The topological polar surface area (TPSA) is 83.8 Å². The number of nitrogens with zero attached hydrogens (tertiary/aromatic N) is 3. The van der Waals surface area contributed by atoms with Crippen LogP contribution in [0.1, 0.15) is 18.2 Å². The monoisotopic (exact) mass is 391 g/mol. The zero-order chi connectivity index (χ0) is 19.6. The van der Waals surface area contributed by atoms with E-state index < -0.39 is 22.3 Å². The van der Waals surface area contributed by atoms with Gasteiger partial charge < -0.3 is 9.80 Å². The first kappa shape index (κ1) is 19.0. The number of anilines is 1. The van der Waals surface area contributed by atoms with Crippen molar-refractivity contribution in [3.05, 3.63) is 56.5 Å². The summed E-state index contributed by atoms with van der Waals surface area (Å²) in [6.07, 6.45) is 0.0327. The molecule has 2 heterocycles. The number of nitro benzene ring substituents is 1. The molecule has 2 aromatic rings. The summed E-state index contributed by atoms with van der Waals surface area (Å²) in [6.45, 7) is 3.01. The third kappa shape index (κ3) is 3.97. The van der Waals surface area contributed by atoms with Crippen molar-refractivity contribution in [3.8, 4) is 0 Å². The molecule has 1 aromatic heterocycles. The Bertz CT molecular complexity index is 871. The van der Waals surface area contributed by atoms with Crippen LogP contribution in [0.25, 0.3) is 0 Å². The lowest BCUT2D eigenvalue weighted by Gasteiger charge is -2.23. The highest BCUT2D eigenvalue weighted by molar-refractivity contribution is 7.09. The first-order chi connectivity index (χ1) is 12.9. The van der Waals surface area contributed by atoms with Crippen molar-refractivity contribution in [3.63, 3.8) is 0 Å². The molecule has 0 spiro atoms. The molecule has 1 aromatic carbocycles. The number of nitro groups is 1. The van der Waals surface area contributed by atoms with Crippen molar-refractivity contribution in [2.24, 2.45) is 5.92 Å². The lowest BCUT2D eigenvalue weighted by atomic mass is 10.1. The van der Waals surface area contributed by atoms with Gasteiger partial charge in [-0.05, 0) is 30.5 Å². The minimum atomic E-state index is -0.962. The van der Waals surface area contributed by atoms with Crippen molar-refractivity contribution in [2.45, 2.75) is 19.9 Å². The molecule has 0 aliphatic carbocycles. The smallest absolute Gasteiger partial charge is 0.306 e. The Morgan fingerprint density at radius 3 is 2.85 bits per heavy atom. The fourth-order valence-corrected chi connectivity index (χ4v) is 3.85. The van der Waals surface area contributed by atoms with Crippen molar-refractivity contribution in [1.82, 2.24) is 4.90 Å². The summed E-state index contributed by atoms with van der Waals surface area (Å²) in [7, 11) is 0. The number of hydrogen-bond donors (Lipinski definition) is 0. The van der Waals surface area contributed by atoms with E-state index in [1.807, 2.05) is 24.4 Å². The molecule has 1 unspecified atom stereocenters. The minimum absolute atomic E-state index is 0.0327. The number of hydrogen-bond acceptors (Lipinski definition) is 5. The molecule has 7 nitrogen and oxygen atoms in total. The predicted octanol–water partition coefficient (Wildman–Crippen LogP) is 3.20. The van der Waals surface area contributed by atoms with Crippen LogP contribution in [0.2, 0.25) is 0 Å². The number of rotatable bonds is 6. The summed E-state index contributed by atoms with van der Waals surface area (Å²) in [6, 6.07) is 7.18. The van der Waals surface area contributed by atoms with E-state index in [0.717, 1.165) is 17.0 Å². The molecule has 1 aliphatic heterocycles. The summed E-state index contributed by atoms with van der Waals surface area (Å²) in [4.78, 5) is 39.4. The van der Waals surface area contributed by atoms with Crippen LogP contribution >= 0.6 is 11.3 Å². The van der Waals surface area contributed by atoms with Gasteiger partial charge in [0.15, 0.2) is 0 Å². The Hall–Kier alpha value is -2.81. The van der Waals surface area contributed by atoms with Gasteiger partial charge in [0.1, 0.15) is 0 Å². The summed E-state index contributed by atoms with van der Waals surface area (Å²) in [5, 5.41) is 12.9. The van der Waals surface area contributed by atoms with E-state index in [0.29, 0.717) is 13.1 Å². The Morgan fingerprint density at radius 1 is 1.44 bits per heavy atom. The lowest BCUT2D eigenvalue weighted by Crippen LogP contribution is -2.36. The molecule has 1 atom stereocenters. The fraction of sp³-hybridized carbons (Fsp3) is 0.333. The molecule has 0 radical (unpaired) electrons. The molecule has 3 rings (SSSR count). The third-order valence-electron chi connectivity index (χ3n) is 4.53. The second-order valence-corrected chi connectivity index (χ2v) is 7.26. The average molecular weight is 391 g/mol. The number of carbonyl (C=O) groups is 2. The first-order valence-electron chi connectivity index (χ1n) is 8.46. The zero-order valence-electron chi connectivity index (χ0n) is 14.6. The van der Waals surface area contributed by atoms with Crippen LogP contribution in [0.4, 0.5) is 15.8 Å². The van der Waals surface area contributed by atoms with Crippen LogP contribution in [0, 0.1) is 21.8 Å². The minimum Gasteiger partial charge on any atom is -0.338 e. The maximum absolute atomic E-state index is 13.5. The second-order valence-electron chi connectivity index (χ2n) is 6.23. The molecular weight excluding hydrogens is 373 g/mol. The Labute approximate surface area is 159 Å². The normalized spacial score (nSPS) is 16.6. The number of benzene rings is 1. The van der Waals surface area contributed by atoms with Crippen LogP contribution < -0.4 is 4.90 Å². The molecule has 0 N–H and O–H groups in total. The first-order valence-corrected chi connectivity index (χ1v) is 9.34. The quantitative estimate of drug-likeness (QED) is 0.559. The van der Waals surface area contributed by atoms with Gasteiger partial charge in [0.05, 0.1) is 23.1 Å². The van der Waals surface area contributed by atoms with E-state index in [1.54, 1.807) is 16.2 Å². The van der Waals surface area contributed by atoms with Gasteiger partial charge in [-0.3, -0.25) is 19.7 Å². The Kier molecular flexibility index (Phi) is 5.50. The van der Waals surface area contributed by atoms with E-state index in [-0.39, 0.29) is 30.5 Å². The molecule has 142 valence electrons. The van der Waals surface area contributed by atoms with Crippen LogP contribution in [0.3, 0.4) is 0 Å². The third-order valence-corrected chi connectivity index (χ3v) is 5.39. The molecule has 1 saturated heterocycles. The maximum Gasteiger partial charge on any atom is 0.306 e. The van der Waals surface area contributed by atoms with Gasteiger partial charge in [0.2, 0.25) is 17.6 Å². The van der Waals surface area contributed by atoms with E-state index in [2.05, 4.69) is 0 Å². The number of amides is 2. The molecule has 0 saturated carbocycles. The molecule has 2 amide bonds. The number of thiophene rings is 1. The van der Waals surface area contributed by atoms with E-state index in [1.165, 1.54) is 11.0 Å². The zero-order valence-corrected chi connectivity index (χ0v) is 15.4. The Morgan fingerprint density at radius 2 is 2.22 bits per heavy atom. The van der Waals surface area contributed by atoms with Crippen molar-refractivity contribution >= 4 is 34.5 Å². The van der Waals surface area contributed by atoms with Gasteiger partial charge in [0.25, 0.3) is 0 Å². The summed E-state index contributed by atoms with van der Waals surface area (Å²) in [5.74, 6) is -1.92. The molecule has 1 aliphatic rings. The summed E-state index contributed by atoms with van der Waals surface area (Å²) >= 11 is 1.56. The van der Waals surface area contributed by atoms with Crippen LogP contribution in [-0.2, 0) is 16.1 Å². The summed E-state index contributed by atoms with van der Waals surface area (Å²) < 4.78 is 13.5. The van der Waals surface area contributed by atoms with Crippen LogP contribution in [0.5, 0.6) is 0 Å². The highest BCUT2D eigenvalue weighted by Crippen LogP contribution is 2.30. The number of carbonyl (C=O) groups excluding carboxylic acids is 2. The van der Waals surface area contributed by atoms with Gasteiger partial charge in [0, 0.05) is 30.5 Å². The number of halogens is 1. The molecule has 27 heavy (non-hydrogen) atoms. The molecule has 9 heteroatoms. The van der Waals surface area contributed by atoms with Gasteiger partial charge in [-0.25, -0.2) is 0 Å². The van der Waals surface area contributed by atoms with Crippen molar-refractivity contribution in [1.29, 1.82) is 0 Å². The highest BCUT2D eigenvalue weighted by atomic mass is 32.1. The lowest BCUT2D eigenvalue weighted by molar-refractivity contribution is -0.387. The SMILES string of the molecule is CCN(Cc1cccs1)C(=O)C1CC(=O)N(c2ccc(F)c([N+](=O)[O-])c2)C1. The van der Waals surface area contributed by atoms with E-state index in [9.17, 15) is 24.1 Å². The molecule has 1 fully saturated rings.